The number of aliphatic carboxylic acids is 1. The van der Waals surface area contributed by atoms with E-state index < -0.39 is 5.97 Å². The van der Waals surface area contributed by atoms with Crippen LogP contribution in [0, 0.1) is 0 Å². The first-order valence-electron chi connectivity index (χ1n) is 7.19. The van der Waals surface area contributed by atoms with Gasteiger partial charge in [-0.25, -0.2) is 0 Å². The monoisotopic (exact) mass is 295 g/mol. The van der Waals surface area contributed by atoms with Crippen molar-refractivity contribution in [2.45, 2.75) is 32.7 Å². The average molecular weight is 295 g/mol. The second-order valence-electron chi connectivity index (χ2n) is 5.10. The van der Waals surface area contributed by atoms with E-state index >= 15 is 0 Å². The summed E-state index contributed by atoms with van der Waals surface area (Å²) in [6.45, 7) is 5.17. The molecule has 0 spiro atoms. The smallest absolute Gasteiger partial charge is 0.304 e. The Labute approximate surface area is 126 Å². The Morgan fingerprint density at radius 1 is 1.38 bits per heavy atom. The van der Waals surface area contributed by atoms with Crippen LogP contribution >= 0.6 is 0 Å². The molecule has 0 aliphatic heterocycles. The van der Waals surface area contributed by atoms with E-state index in [1.807, 2.05) is 32.2 Å². The van der Waals surface area contributed by atoms with Gasteiger partial charge in [0.05, 0.1) is 20.1 Å². The van der Waals surface area contributed by atoms with Crippen molar-refractivity contribution in [1.29, 1.82) is 0 Å². The summed E-state index contributed by atoms with van der Waals surface area (Å²) in [6, 6.07) is 6.17. The summed E-state index contributed by atoms with van der Waals surface area (Å²) in [5, 5.41) is 8.73. The minimum Gasteiger partial charge on any atom is -0.493 e. The molecule has 1 N–H and O–H groups in total. The van der Waals surface area contributed by atoms with Gasteiger partial charge in [0.25, 0.3) is 0 Å². The summed E-state index contributed by atoms with van der Waals surface area (Å²) < 4.78 is 10.8. The zero-order chi connectivity index (χ0) is 15.8. The minimum atomic E-state index is -0.767. The Balaban J connectivity index is 2.68. The standard InChI is InChI=1S/C16H25NO4/c1-5-21-15-11-13(6-7-14(15)20-4)10-12(2)17(3)9-8-16(18)19/h6-7,11-12H,5,8-10H2,1-4H3,(H,18,19). The Morgan fingerprint density at radius 3 is 2.67 bits per heavy atom. The highest BCUT2D eigenvalue weighted by molar-refractivity contribution is 5.66. The van der Waals surface area contributed by atoms with Gasteiger partial charge in [0.2, 0.25) is 0 Å². The van der Waals surface area contributed by atoms with Gasteiger partial charge in [-0.05, 0) is 45.0 Å². The fraction of sp³-hybridized carbons (Fsp3) is 0.562. The summed E-state index contributed by atoms with van der Waals surface area (Å²) in [6.07, 6.45) is 0.994. The molecule has 0 amide bonds. The third-order valence-electron chi connectivity index (χ3n) is 3.49. The molecular formula is C16H25NO4. The molecule has 5 nitrogen and oxygen atoms in total. The van der Waals surface area contributed by atoms with Crippen LogP contribution in [0.2, 0.25) is 0 Å². The predicted molar refractivity (Wildman–Crippen MR) is 82.2 cm³/mol. The normalized spacial score (nSPS) is 12.2. The maximum absolute atomic E-state index is 10.6. The van der Waals surface area contributed by atoms with Gasteiger partial charge in [-0.2, -0.15) is 0 Å². The molecule has 1 aromatic rings. The topological polar surface area (TPSA) is 59.0 Å². The molecule has 0 bridgehead atoms. The molecule has 5 heteroatoms. The van der Waals surface area contributed by atoms with Crippen molar-refractivity contribution in [3.05, 3.63) is 23.8 Å². The van der Waals surface area contributed by atoms with E-state index in [0.29, 0.717) is 13.2 Å². The SMILES string of the molecule is CCOc1cc(CC(C)N(C)CCC(=O)O)ccc1OC. The molecule has 1 atom stereocenters. The van der Waals surface area contributed by atoms with Gasteiger partial charge in [-0.1, -0.05) is 6.07 Å². The molecule has 21 heavy (non-hydrogen) atoms. The van der Waals surface area contributed by atoms with Crippen LogP contribution in [-0.2, 0) is 11.2 Å². The lowest BCUT2D eigenvalue weighted by molar-refractivity contribution is -0.137. The quantitative estimate of drug-likeness (QED) is 0.758. The third-order valence-corrected chi connectivity index (χ3v) is 3.49. The number of methoxy groups -OCH3 is 1. The van der Waals surface area contributed by atoms with E-state index in [1.165, 1.54) is 0 Å². The van der Waals surface area contributed by atoms with Crippen molar-refractivity contribution in [3.8, 4) is 11.5 Å². The van der Waals surface area contributed by atoms with Crippen LogP contribution in [0.5, 0.6) is 11.5 Å². The second kappa shape index (κ2) is 8.52. The molecule has 0 saturated carbocycles. The minimum absolute atomic E-state index is 0.160. The van der Waals surface area contributed by atoms with E-state index in [1.54, 1.807) is 7.11 Å². The number of ether oxygens (including phenoxy) is 2. The van der Waals surface area contributed by atoms with E-state index in [2.05, 4.69) is 11.8 Å². The predicted octanol–water partition coefficient (Wildman–Crippen LogP) is 2.43. The third kappa shape index (κ3) is 5.63. The highest BCUT2D eigenvalue weighted by Gasteiger charge is 2.13. The van der Waals surface area contributed by atoms with Gasteiger partial charge in [-0.3, -0.25) is 4.79 Å². The summed E-state index contributed by atoms with van der Waals surface area (Å²) in [5.74, 6) is 0.711. The van der Waals surface area contributed by atoms with Gasteiger partial charge in [0, 0.05) is 12.6 Å². The highest BCUT2D eigenvalue weighted by atomic mass is 16.5. The van der Waals surface area contributed by atoms with Crippen molar-refractivity contribution in [2.24, 2.45) is 0 Å². The van der Waals surface area contributed by atoms with Crippen LogP contribution in [0.1, 0.15) is 25.8 Å². The van der Waals surface area contributed by atoms with Gasteiger partial charge >= 0.3 is 5.97 Å². The van der Waals surface area contributed by atoms with Crippen LogP contribution < -0.4 is 9.47 Å². The summed E-state index contributed by atoms with van der Waals surface area (Å²) in [7, 11) is 3.57. The maximum atomic E-state index is 10.6. The van der Waals surface area contributed by atoms with Gasteiger partial charge in [0.15, 0.2) is 11.5 Å². The molecule has 0 saturated heterocycles. The number of rotatable bonds is 9. The zero-order valence-corrected chi connectivity index (χ0v) is 13.3. The summed E-state index contributed by atoms with van der Waals surface area (Å²) in [5.41, 5.74) is 1.15. The number of hydrogen-bond acceptors (Lipinski definition) is 4. The van der Waals surface area contributed by atoms with Gasteiger partial charge < -0.3 is 19.5 Å². The Kier molecular flexibility index (Phi) is 7.02. The highest BCUT2D eigenvalue weighted by Crippen LogP contribution is 2.28. The molecule has 118 valence electrons. The lowest BCUT2D eigenvalue weighted by atomic mass is 10.1. The largest absolute Gasteiger partial charge is 0.493 e. The molecule has 0 radical (unpaired) electrons. The molecule has 0 aliphatic rings. The van der Waals surface area contributed by atoms with Crippen LogP contribution in [0.3, 0.4) is 0 Å². The molecule has 1 unspecified atom stereocenters. The lowest BCUT2D eigenvalue weighted by Gasteiger charge is -2.24. The molecule has 0 aromatic heterocycles. The van der Waals surface area contributed by atoms with E-state index in [-0.39, 0.29) is 12.5 Å². The lowest BCUT2D eigenvalue weighted by Crippen LogP contribution is -2.32. The van der Waals surface area contributed by atoms with Gasteiger partial charge in [-0.15, -0.1) is 0 Å². The first-order valence-corrected chi connectivity index (χ1v) is 7.19. The van der Waals surface area contributed by atoms with Crippen molar-refractivity contribution in [2.75, 3.05) is 27.3 Å². The Bertz CT molecular complexity index is 462. The van der Waals surface area contributed by atoms with Crippen molar-refractivity contribution in [3.63, 3.8) is 0 Å². The Morgan fingerprint density at radius 2 is 2.10 bits per heavy atom. The molecule has 1 aromatic carbocycles. The average Bonchev–Trinajstić information content (AvgIpc) is 2.45. The first-order chi connectivity index (χ1) is 9.97. The van der Waals surface area contributed by atoms with Crippen LogP contribution in [0.15, 0.2) is 18.2 Å². The Hall–Kier alpha value is -1.75. The van der Waals surface area contributed by atoms with E-state index in [4.69, 9.17) is 14.6 Å². The first kappa shape index (κ1) is 17.3. The number of nitrogens with zero attached hydrogens (tertiary/aromatic N) is 1. The number of hydrogen-bond donors (Lipinski definition) is 1. The van der Waals surface area contributed by atoms with Crippen molar-refractivity contribution in [1.82, 2.24) is 4.90 Å². The van der Waals surface area contributed by atoms with Gasteiger partial charge in [0.1, 0.15) is 0 Å². The van der Waals surface area contributed by atoms with Crippen LogP contribution in [0.4, 0.5) is 0 Å². The molecule has 0 heterocycles. The number of carbonyl (C=O) groups is 1. The van der Waals surface area contributed by atoms with E-state index in [0.717, 1.165) is 23.5 Å². The number of benzene rings is 1. The molecular weight excluding hydrogens is 270 g/mol. The van der Waals surface area contributed by atoms with Crippen molar-refractivity contribution >= 4 is 5.97 Å². The van der Waals surface area contributed by atoms with E-state index in [9.17, 15) is 4.79 Å². The molecule has 1 rings (SSSR count). The number of carboxylic acid groups (broad SMARTS) is 1. The maximum Gasteiger partial charge on any atom is 0.304 e. The number of carboxylic acids is 1. The van der Waals surface area contributed by atoms with Crippen LogP contribution in [0.25, 0.3) is 0 Å². The molecule has 0 aliphatic carbocycles. The van der Waals surface area contributed by atoms with Crippen LogP contribution in [-0.4, -0.2) is 49.3 Å². The number of likely N-dealkylation sites (N-methyl/N-ethyl adjacent to an activating group) is 1. The summed E-state index contributed by atoms with van der Waals surface area (Å²) in [4.78, 5) is 12.7. The summed E-state index contributed by atoms with van der Waals surface area (Å²) >= 11 is 0. The zero-order valence-electron chi connectivity index (χ0n) is 13.3. The fourth-order valence-corrected chi connectivity index (χ4v) is 2.11. The van der Waals surface area contributed by atoms with Crippen molar-refractivity contribution < 1.29 is 19.4 Å². The fourth-order valence-electron chi connectivity index (χ4n) is 2.11. The second-order valence-corrected chi connectivity index (χ2v) is 5.10. The molecule has 0 fully saturated rings.